The maximum absolute atomic E-state index is 13.7. The van der Waals surface area contributed by atoms with Gasteiger partial charge in [0.05, 0.1) is 6.04 Å². The van der Waals surface area contributed by atoms with Gasteiger partial charge in [-0.05, 0) is 38.0 Å². The van der Waals surface area contributed by atoms with Crippen molar-refractivity contribution >= 4 is 21.6 Å². The van der Waals surface area contributed by atoms with E-state index >= 15 is 0 Å². The van der Waals surface area contributed by atoms with E-state index in [2.05, 4.69) is 10.0 Å². The molecule has 2 rings (SSSR count). The zero-order chi connectivity index (χ0) is 14.9. The minimum absolute atomic E-state index is 0.123. The van der Waals surface area contributed by atoms with E-state index in [1.165, 1.54) is 13.0 Å². The molecule has 0 aliphatic heterocycles. The second kappa shape index (κ2) is 5.47. The average Bonchev–Trinajstić information content (AvgIpc) is 3.14. The molecule has 1 atom stereocenters. The molecular weight excluding hydrogens is 285 g/mol. The third-order valence-electron chi connectivity index (χ3n) is 2.80. The van der Waals surface area contributed by atoms with Crippen molar-refractivity contribution in [3.63, 3.8) is 0 Å². The molecule has 8 heteroatoms. The Kier molecular flexibility index (Phi) is 4.07. The van der Waals surface area contributed by atoms with Crippen LogP contribution >= 0.6 is 0 Å². The zero-order valence-corrected chi connectivity index (χ0v) is 11.7. The lowest BCUT2D eigenvalue weighted by molar-refractivity contribution is -0.117. The largest absolute Gasteiger partial charge is 0.325 e. The molecule has 0 bridgehead atoms. The van der Waals surface area contributed by atoms with Crippen molar-refractivity contribution in [2.75, 3.05) is 5.32 Å². The normalized spacial score (nSPS) is 16.8. The summed E-state index contributed by atoms with van der Waals surface area (Å²) in [5.74, 6) is -1.34. The lowest BCUT2D eigenvalue weighted by Gasteiger charge is -2.11. The second-order valence-electron chi connectivity index (χ2n) is 4.82. The summed E-state index contributed by atoms with van der Waals surface area (Å²) in [5, 5.41) is 2.43. The monoisotopic (exact) mass is 301 g/mol. The molecule has 1 saturated carbocycles. The fourth-order valence-electron chi connectivity index (χ4n) is 1.53. The van der Waals surface area contributed by atoms with E-state index in [0.29, 0.717) is 0 Å². The Bertz CT molecular complexity index is 627. The highest BCUT2D eigenvalue weighted by Gasteiger charge is 2.29. The summed E-state index contributed by atoms with van der Waals surface area (Å²) in [6.07, 6.45) is 1.50. The van der Waals surface area contributed by atoms with E-state index in [1.54, 1.807) is 0 Å². The van der Waals surface area contributed by atoms with Crippen molar-refractivity contribution in [2.24, 2.45) is 5.73 Å². The number of benzene rings is 1. The van der Waals surface area contributed by atoms with Crippen LogP contribution in [0.5, 0.6) is 0 Å². The molecule has 0 aromatic heterocycles. The van der Waals surface area contributed by atoms with Crippen LogP contribution in [0.3, 0.4) is 0 Å². The quantitative estimate of drug-likeness (QED) is 0.739. The van der Waals surface area contributed by atoms with Crippen LogP contribution in [-0.4, -0.2) is 26.4 Å². The molecule has 1 aliphatic carbocycles. The van der Waals surface area contributed by atoms with E-state index in [9.17, 15) is 17.6 Å². The number of carbonyl (C=O) groups is 1. The predicted molar refractivity (Wildman–Crippen MR) is 72.0 cm³/mol. The van der Waals surface area contributed by atoms with Gasteiger partial charge in [0.1, 0.15) is 10.7 Å². The summed E-state index contributed by atoms with van der Waals surface area (Å²) in [6.45, 7) is 1.49. The standard InChI is InChI=1S/C12H16FN3O3S/c1-7(14)12(17)15-9-4-5-10(13)11(6-9)20(18,19)16-8-2-3-8/h4-8,16H,2-3,14H2,1H3,(H,15,17)/t7-/m0/s1. The van der Waals surface area contributed by atoms with Gasteiger partial charge in [0.25, 0.3) is 0 Å². The smallest absolute Gasteiger partial charge is 0.243 e. The van der Waals surface area contributed by atoms with E-state index in [1.807, 2.05) is 0 Å². The van der Waals surface area contributed by atoms with Crippen molar-refractivity contribution < 1.29 is 17.6 Å². The SMILES string of the molecule is C[C@H](N)C(=O)Nc1ccc(F)c(S(=O)(=O)NC2CC2)c1. The van der Waals surface area contributed by atoms with Crippen LogP contribution in [0.15, 0.2) is 23.1 Å². The van der Waals surface area contributed by atoms with Gasteiger partial charge in [0.15, 0.2) is 0 Å². The third-order valence-corrected chi connectivity index (χ3v) is 4.34. The first kappa shape index (κ1) is 14.9. The minimum Gasteiger partial charge on any atom is -0.325 e. The van der Waals surface area contributed by atoms with E-state index in [0.717, 1.165) is 25.0 Å². The molecule has 4 N–H and O–H groups in total. The Morgan fingerprint density at radius 3 is 2.65 bits per heavy atom. The first-order chi connectivity index (χ1) is 9.29. The van der Waals surface area contributed by atoms with Crippen molar-refractivity contribution in [3.8, 4) is 0 Å². The summed E-state index contributed by atoms with van der Waals surface area (Å²) in [4.78, 5) is 11.0. The molecule has 1 aliphatic rings. The van der Waals surface area contributed by atoms with Crippen LogP contribution in [-0.2, 0) is 14.8 Å². The number of carbonyl (C=O) groups excluding carboxylic acids is 1. The molecule has 1 amide bonds. The van der Waals surface area contributed by atoms with E-state index < -0.39 is 32.7 Å². The Hall–Kier alpha value is -1.51. The number of hydrogen-bond donors (Lipinski definition) is 3. The van der Waals surface area contributed by atoms with Crippen LogP contribution in [0.1, 0.15) is 19.8 Å². The number of halogens is 1. The van der Waals surface area contributed by atoms with Crippen molar-refractivity contribution in [3.05, 3.63) is 24.0 Å². The highest BCUT2D eigenvalue weighted by molar-refractivity contribution is 7.89. The van der Waals surface area contributed by atoms with E-state index in [-0.39, 0.29) is 11.7 Å². The fourth-order valence-corrected chi connectivity index (χ4v) is 2.94. The first-order valence-electron chi connectivity index (χ1n) is 6.18. The molecule has 0 unspecified atom stereocenters. The first-order valence-corrected chi connectivity index (χ1v) is 7.66. The molecule has 0 radical (unpaired) electrons. The van der Waals surface area contributed by atoms with Gasteiger partial charge in [-0.2, -0.15) is 0 Å². The number of sulfonamides is 1. The molecule has 1 fully saturated rings. The highest BCUT2D eigenvalue weighted by atomic mass is 32.2. The lowest BCUT2D eigenvalue weighted by atomic mass is 10.3. The molecular formula is C12H16FN3O3S. The third kappa shape index (κ3) is 3.53. The summed E-state index contributed by atoms with van der Waals surface area (Å²) in [5.41, 5.74) is 5.58. The van der Waals surface area contributed by atoms with Crippen LogP contribution in [0.4, 0.5) is 10.1 Å². The maximum atomic E-state index is 13.7. The Labute approximate surface area is 116 Å². The molecule has 1 aromatic rings. The zero-order valence-electron chi connectivity index (χ0n) is 10.9. The lowest BCUT2D eigenvalue weighted by Crippen LogP contribution is -2.32. The number of hydrogen-bond acceptors (Lipinski definition) is 4. The Morgan fingerprint density at radius 1 is 1.45 bits per heavy atom. The molecule has 6 nitrogen and oxygen atoms in total. The Balaban J connectivity index is 2.26. The van der Waals surface area contributed by atoms with Crippen LogP contribution < -0.4 is 15.8 Å². The van der Waals surface area contributed by atoms with Crippen molar-refractivity contribution in [1.82, 2.24) is 4.72 Å². The van der Waals surface area contributed by atoms with Gasteiger partial charge in [0, 0.05) is 11.7 Å². The van der Waals surface area contributed by atoms with Gasteiger partial charge >= 0.3 is 0 Å². The highest BCUT2D eigenvalue weighted by Crippen LogP contribution is 2.25. The number of nitrogens with two attached hydrogens (primary N) is 1. The molecule has 1 aromatic carbocycles. The van der Waals surface area contributed by atoms with Crippen molar-refractivity contribution in [1.29, 1.82) is 0 Å². The summed E-state index contributed by atoms with van der Waals surface area (Å²) in [6, 6.07) is 2.50. The summed E-state index contributed by atoms with van der Waals surface area (Å²) < 4.78 is 40.0. The molecule has 20 heavy (non-hydrogen) atoms. The van der Waals surface area contributed by atoms with Gasteiger partial charge in [-0.1, -0.05) is 0 Å². The van der Waals surface area contributed by atoms with Gasteiger partial charge in [-0.15, -0.1) is 0 Å². The fraction of sp³-hybridized carbons (Fsp3) is 0.417. The second-order valence-corrected chi connectivity index (χ2v) is 6.50. The number of nitrogens with one attached hydrogen (secondary N) is 2. The molecule has 0 spiro atoms. The number of anilines is 1. The maximum Gasteiger partial charge on any atom is 0.243 e. The molecule has 0 saturated heterocycles. The minimum atomic E-state index is -3.91. The summed E-state index contributed by atoms with van der Waals surface area (Å²) in [7, 11) is -3.91. The summed E-state index contributed by atoms with van der Waals surface area (Å²) >= 11 is 0. The van der Waals surface area contributed by atoms with Gasteiger partial charge < -0.3 is 11.1 Å². The van der Waals surface area contributed by atoms with Gasteiger partial charge in [0.2, 0.25) is 15.9 Å². The Morgan fingerprint density at radius 2 is 2.10 bits per heavy atom. The van der Waals surface area contributed by atoms with Crippen molar-refractivity contribution in [2.45, 2.75) is 36.7 Å². The van der Waals surface area contributed by atoms with Gasteiger partial charge in [-0.25, -0.2) is 17.5 Å². The predicted octanol–water partition coefficient (Wildman–Crippen LogP) is 0.552. The van der Waals surface area contributed by atoms with E-state index in [4.69, 9.17) is 5.73 Å². The number of rotatable bonds is 5. The average molecular weight is 301 g/mol. The number of amides is 1. The topological polar surface area (TPSA) is 101 Å². The molecule has 0 heterocycles. The van der Waals surface area contributed by atoms with Gasteiger partial charge in [-0.3, -0.25) is 4.79 Å². The molecule has 110 valence electrons. The van der Waals surface area contributed by atoms with Crippen LogP contribution in [0, 0.1) is 5.82 Å². The van der Waals surface area contributed by atoms with Crippen LogP contribution in [0.2, 0.25) is 0 Å². The van der Waals surface area contributed by atoms with Crippen LogP contribution in [0.25, 0.3) is 0 Å².